The van der Waals surface area contributed by atoms with Crippen LogP contribution in [0.25, 0.3) is 6.08 Å². The summed E-state index contributed by atoms with van der Waals surface area (Å²) in [6.45, 7) is 7.52. The van der Waals surface area contributed by atoms with Crippen molar-refractivity contribution in [3.05, 3.63) is 71.0 Å². The van der Waals surface area contributed by atoms with Crippen molar-refractivity contribution < 1.29 is 18.7 Å². The highest BCUT2D eigenvalue weighted by atomic mass is 19.1. The van der Waals surface area contributed by atoms with E-state index in [2.05, 4.69) is 5.32 Å². The highest BCUT2D eigenvalue weighted by Crippen LogP contribution is 2.27. The second-order valence-electron chi connectivity index (χ2n) is 6.65. The lowest BCUT2D eigenvalue weighted by Crippen LogP contribution is -2.30. The first-order chi connectivity index (χ1) is 12.8. The zero-order chi connectivity index (χ0) is 20.0. The zero-order valence-corrected chi connectivity index (χ0v) is 16.0. The third-order valence-corrected chi connectivity index (χ3v) is 4.10. The van der Waals surface area contributed by atoms with Crippen LogP contribution in [-0.2, 0) is 14.3 Å². The smallest absolute Gasteiger partial charge is 0.331 e. The Morgan fingerprint density at radius 3 is 2.48 bits per heavy atom. The maximum absolute atomic E-state index is 13.1. The van der Waals surface area contributed by atoms with Gasteiger partial charge in [0.05, 0.1) is 0 Å². The molecule has 0 aliphatic carbocycles. The highest BCUT2D eigenvalue weighted by molar-refractivity contribution is 5.97. The maximum atomic E-state index is 13.1. The van der Waals surface area contributed by atoms with Crippen LogP contribution in [0.15, 0.2) is 48.5 Å². The molecule has 0 heterocycles. The van der Waals surface area contributed by atoms with E-state index in [1.165, 1.54) is 31.2 Å². The van der Waals surface area contributed by atoms with E-state index in [1.54, 1.807) is 12.1 Å². The fraction of sp³-hybridized carbons (Fsp3) is 0.273. The molecule has 0 aliphatic heterocycles. The summed E-state index contributed by atoms with van der Waals surface area (Å²) in [5.41, 5.74) is 3.24. The Morgan fingerprint density at radius 1 is 1.11 bits per heavy atom. The molecule has 1 amide bonds. The number of anilines is 1. The fourth-order valence-electron chi connectivity index (χ4n) is 2.61. The number of aryl methyl sites for hydroxylation is 1. The first-order valence-electron chi connectivity index (χ1n) is 8.82. The first-order valence-corrected chi connectivity index (χ1v) is 8.82. The number of benzene rings is 2. The van der Waals surface area contributed by atoms with Crippen LogP contribution in [0.2, 0.25) is 0 Å². The lowest BCUT2D eigenvalue weighted by atomic mass is 9.98. The van der Waals surface area contributed by atoms with Gasteiger partial charge in [-0.2, -0.15) is 0 Å². The molecule has 0 saturated carbocycles. The molecule has 0 bridgehead atoms. The molecule has 0 saturated heterocycles. The van der Waals surface area contributed by atoms with Crippen LogP contribution in [0.1, 0.15) is 43.4 Å². The normalized spacial score (nSPS) is 12.2. The van der Waals surface area contributed by atoms with Gasteiger partial charge in [0.1, 0.15) is 5.82 Å². The van der Waals surface area contributed by atoms with E-state index in [0.717, 1.165) is 16.8 Å². The van der Waals surface area contributed by atoms with Crippen LogP contribution < -0.4 is 5.32 Å². The molecule has 0 aliphatic rings. The molecule has 0 radical (unpaired) electrons. The van der Waals surface area contributed by atoms with Crippen molar-refractivity contribution in [2.75, 3.05) is 5.32 Å². The number of ether oxygens (including phenoxy) is 1. The van der Waals surface area contributed by atoms with E-state index in [-0.39, 0.29) is 5.92 Å². The van der Waals surface area contributed by atoms with E-state index in [1.807, 2.05) is 39.0 Å². The van der Waals surface area contributed by atoms with Gasteiger partial charge < -0.3 is 10.1 Å². The Kier molecular flexibility index (Phi) is 6.88. The van der Waals surface area contributed by atoms with Crippen molar-refractivity contribution in [2.24, 2.45) is 0 Å². The molecular weight excluding hydrogens is 345 g/mol. The van der Waals surface area contributed by atoms with Gasteiger partial charge in [-0.15, -0.1) is 0 Å². The molecule has 0 spiro atoms. The summed E-state index contributed by atoms with van der Waals surface area (Å²) in [6, 6.07) is 11.6. The monoisotopic (exact) mass is 369 g/mol. The summed E-state index contributed by atoms with van der Waals surface area (Å²) < 4.78 is 18.3. The molecule has 2 rings (SSSR count). The second kappa shape index (κ2) is 9.12. The number of carbonyl (C=O) groups excluding carboxylic acids is 2. The average Bonchev–Trinajstić information content (AvgIpc) is 2.61. The van der Waals surface area contributed by atoms with Crippen LogP contribution in [0, 0.1) is 12.7 Å². The minimum atomic E-state index is -0.964. The first kappa shape index (κ1) is 20.4. The van der Waals surface area contributed by atoms with Gasteiger partial charge >= 0.3 is 5.97 Å². The van der Waals surface area contributed by atoms with Crippen molar-refractivity contribution in [3.63, 3.8) is 0 Å². The number of halogens is 1. The van der Waals surface area contributed by atoms with Crippen molar-refractivity contribution in [1.82, 2.24) is 0 Å². The van der Waals surface area contributed by atoms with Crippen LogP contribution in [0.3, 0.4) is 0 Å². The topological polar surface area (TPSA) is 55.4 Å². The van der Waals surface area contributed by atoms with Crippen LogP contribution in [0.5, 0.6) is 0 Å². The van der Waals surface area contributed by atoms with E-state index < -0.39 is 23.8 Å². The van der Waals surface area contributed by atoms with Crippen LogP contribution >= 0.6 is 0 Å². The number of para-hydroxylation sites is 1. The van der Waals surface area contributed by atoms with Crippen LogP contribution in [0.4, 0.5) is 10.1 Å². The fourth-order valence-corrected chi connectivity index (χ4v) is 2.61. The van der Waals surface area contributed by atoms with Crippen molar-refractivity contribution >= 4 is 23.6 Å². The number of carbonyl (C=O) groups is 2. The summed E-state index contributed by atoms with van der Waals surface area (Å²) in [6.07, 6.45) is 1.65. The molecule has 1 atom stereocenters. The Hall–Kier alpha value is -2.95. The Balaban J connectivity index is 2.01. The third-order valence-electron chi connectivity index (χ3n) is 4.10. The SMILES string of the molecule is Cc1cccc(C(C)C)c1NC(=O)[C@@H](C)OC(=O)/C=C/c1cccc(F)c1. The van der Waals surface area contributed by atoms with Gasteiger partial charge in [0, 0.05) is 11.8 Å². The number of nitrogens with one attached hydrogen (secondary N) is 1. The zero-order valence-electron chi connectivity index (χ0n) is 16.0. The predicted molar refractivity (Wildman–Crippen MR) is 105 cm³/mol. The summed E-state index contributed by atoms with van der Waals surface area (Å²) in [7, 11) is 0. The molecule has 1 N–H and O–H groups in total. The van der Waals surface area contributed by atoms with Gasteiger partial charge in [-0.3, -0.25) is 4.79 Å². The van der Waals surface area contributed by atoms with Crippen LogP contribution in [-0.4, -0.2) is 18.0 Å². The standard InChI is InChI=1S/C22H24FNO3/c1-14(2)19-10-5-7-15(3)21(19)24-22(26)16(4)27-20(25)12-11-17-8-6-9-18(23)13-17/h5-14,16H,1-4H3,(H,24,26)/b12-11+/t16-/m1/s1. The lowest BCUT2D eigenvalue weighted by molar-refractivity contribution is -0.148. The molecule has 0 fully saturated rings. The Morgan fingerprint density at radius 2 is 1.81 bits per heavy atom. The van der Waals surface area contributed by atoms with E-state index in [0.29, 0.717) is 5.56 Å². The van der Waals surface area contributed by atoms with Gasteiger partial charge in [-0.1, -0.05) is 44.2 Å². The number of esters is 1. The van der Waals surface area contributed by atoms with Gasteiger partial charge in [0.2, 0.25) is 0 Å². The largest absolute Gasteiger partial charge is 0.449 e. The third kappa shape index (κ3) is 5.78. The number of amides is 1. The summed E-state index contributed by atoms with van der Waals surface area (Å²) in [4.78, 5) is 24.4. The summed E-state index contributed by atoms with van der Waals surface area (Å²) >= 11 is 0. The highest BCUT2D eigenvalue weighted by Gasteiger charge is 2.19. The van der Waals surface area contributed by atoms with Gasteiger partial charge in [-0.25, -0.2) is 9.18 Å². The molecule has 142 valence electrons. The predicted octanol–water partition coefficient (Wildman–Crippen LogP) is 4.84. The van der Waals surface area contributed by atoms with Gasteiger partial charge in [0.25, 0.3) is 5.91 Å². The van der Waals surface area contributed by atoms with E-state index >= 15 is 0 Å². The second-order valence-corrected chi connectivity index (χ2v) is 6.65. The Bertz CT molecular complexity index is 858. The molecule has 4 nitrogen and oxygen atoms in total. The average molecular weight is 369 g/mol. The van der Waals surface area contributed by atoms with Gasteiger partial charge in [0.15, 0.2) is 6.10 Å². The lowest BCUT2D eigenvalue weighted by Gasteiger charge is -2.18. The number of hydrogen-bond acceptors (Lipinski definition) is 3. The van der Waals surface area contributed by atoms with E-state index in [9.17, 15) is 14.0 Å². The minimum absolute atomic E-state index is 0.243. The quantitative estimate of drug-likeness (QED) is 0.585. The van der Waals surface area contributed by atoms with Gasteiger partial charge in [-0.05, 0) is 54.7 Å². The molecule has 2 aromatic rings. The Labute approximate surface area is 159 Å². The molecule has 0 unspecified atom stereocenters. The molecule has 0 aromatic heterocycles. The number of rotatable bonds is 6. The molecule has 27 heavy (non-hydrogen) atoms. The van der Waals surface area contributed by atoms with Crippen molar-refractivity contribution in [1.29, 1.82) is 0 Å². The molecular formula is C22H24FNO3. The summed E-state index contributed by atoms with van der Waals surface area (Å²) in [5, 5.41) is 2.86. The number of hydrogen-bond donors (Lipinski definition) is 1. The van der Waals surface area contributed by atoms with E-state index in [4.69, 9.17) is 4.74 Å². The summed E-state index contributed by atoms with van der Waals surface area (Å²) in [5.74, 6) is -1.22. The van der Waals surface area contributed by atoms with Crippen molar-refractivity contribution in [2.45, 2.75) is 39.7 Å². The van der Waals surface area contributed by atoms with Crippen molar-refractivity contribution in [3.8, 4) is 0 Å². The maximum Gasteiger partial charge on any atom is 0.331 e. The minimum Gasteiger partial charge on any atom is -0.449 e. The molecule has 5 heteroatoms. The molecule has 2 aromatic carbocycles.